The summed E-state index contributed by atoms with van der Waals surface area (Å²) in [6.07, 6.45) is 15.0. The second kappa shape index (κ2) is 8.46. The molecule has 0 heterocycles. The van der Waals surface area contributed by atoms with Crippen molar-refractivity contribution in [3.63, 3.8) is 0 Å². The van der Waals surface area contributed by atoms with Gasteiger partial charge in [0, 0.05) is 18.8 Å². The van der Waals surface area contributed by atoms with Gasteiger partial charge in [0.2, 0.25) is 0 Å². The van der Waals surface area contributed by atoms with E-state index < -0.39 is 0 Å². The van der Waals surface area contributed by atoms with Gasteiger partial charge in [-0.2, -0.15) is 0 Å². The van der Waals surface area contributed by atoms with Crippen molar-refractivity contribution in [1.29, 1.82) is 0 Å². The Morgan fingerprint density at radius 2 is 1.79 bits per heavy atom. The molecule has 0 spiro atoms. The Balaban J connectivity index is 1.51. The van der Waals surface area contributed by atoms with Crippen LogP contribution in [-0.4, -0.2) is 5.78 Å². The maximum atomic E-state index is 12.3. The molecule has 0 bridgehead atoms. The molecule has 128 valence electrons. The van der Waals surface area contributed by atoms with E-state index in [-0.39, 0.29) is 0 Å². The Labute approximate surface area is 146 Å². The number of Topliss-reactive ketones (excluding diaryl/α,β-unsaturated/α-hetero) is 1. The molecule has 0 amide bonds. The van der Waals surface area contributed by atoms with Gasteiger partial charge in [-0.3, -0.25) is 4.79 Å². The van der Waals surface area contributed by atoms with Gasteiger partial charge in [0.05, 0.1) is 0 Å². The fourth-order valence-electron chi connectivity index (χ4n) is 4.46. The van der Waals surface area contributed by atoms with Gasteiger partial charge in [-0.1, -0.05) is 79.8 Å². The molecular weight excluding hydrogens is 292 g/mol. The number of rotatable bonds is 7. The third kappa shape index (κ3) is 4.26. The molecular formula is C23H30O. The van der Waals surface area contributed by atoms with Crippen LogP contribution >= 0.6 is 0 Å². The van der Waals surface area contributed by atoms with Gasteiger partial charge in [0.15, 0.2) is 0 Å². The molecule has 1 aromatic rings. The van der Waals surface area contributed by atoms with Crippen LogP contribution in [0.25, 0.3) is 0 Å². The van der Waals surface area contributed by atoms with E-state index in [0.717, 1.165) is 17.9 Å². The molecule has 1 unspecified atom stereocenters. The molecule has 1 heteroatoms. The zero-order valence-corrected chi connectivity index (χ0v) is 15.0. The predicted molar refractivity (Wildman–Crippen MR) is 101 cm³/mol. The molecule has 1 fully saturated rings. The quantitative estimate of drug-likeness (QED) is 0.597. The third-order valence-corrected chi connectivity index (χ3v) is 5.76. The van der Waals surface area contributed by atoms with Crippen molar-refractivity contribution in [2.75, 3.05) is 0 Å². The smallest absolute Gasteiger partial charge is 0.137 e. The maximum Gasteiger partial charge on any atom is 0.137 e. The summed E-state index contributed by atoms with van der Waals surface area (Å²) in [5.74, 6) is 1.78. The Kier molecular flexibility index (Phi) is 6.07. The lowest BCUT2D eigenvalue weighted by Gasteiger charge is -2.28. The van der Waals surface area contributed by atoms with Gasteiger partial charge in [-0.15, -0.1) is 0 Å². The van der Waals surface area contributed by atoms with Crippen LogP contribution in [0.15, 0.2) is 53.6 Å². The number of ketones is 1. The van der Waals surface area contributed by atoms with Crippen LogP contribution in [0.5, 0.6) is 0 Å². The Hall–Kier alpha value is -1.63. The maximum absolute atomic E-state index is 12.3. The van der Waals surface area contributed by atoms with E-state index in [0.29, 0.717) is 24.5 Å². The van der Waals surface area contributed by atoms with Crippen LogP contribution < -0.4 is 0 Å². The van der Waals surface area contributed by atoms with E-state index in [4.69, 9.17) is 0 Å². The molecule has 24 heavy (non-hydrogen) atoms. The average Bonchev–Trinajstić information content (AvgIpc) is 3.04. The minimum Gasteiger partial charge on any atom is -0.299 e. The first-order chi connectivity index (χ1) is 11.8. The highest BCUT2D eigenvalue weighted by molar-refractivity contribution is 5.81. The lowest BCUT2D eigenvalue weighted by Crippen LogP contribution is -2.16. The van der Waals surface area contributed by atoms with Crippen LogP contribution in [-0.2, 0) is 11.2 Å². The highest BCUT2D eigenvalue weighted by Crippen LogP contribution is 2.42. The molecule has 0 aliphatic heterocycles. The molecule has 1 saturated carbocycles. The first kappa shape index (κ1) is 17.2. The molecule has 1 atom stereocenters. The molecule has 2 aliphatic rings. The monoisotopic (exact) mass is 322 g/mol. The van der Waals surface area contributed by atoms with Crippen LogP contribution in [0.3, 0.4) is 0 Å². The summed E-state index contributed by atoms with van der Waals surface area (Å²) in [6, 6.07) is 10.1. The number of allylic oxidation sites excluding steroid dienone is 4. The number of hydrogen-bond donors (Lipinski definition) is 0. The van der Waals surface area contributed by atoms with Gasteiger partial charge in [-0.05, 0) is 37.2 Å². The Morgan fingerprint density at radius 1 is 1.04 bits per heavy atom. The fraction of sp³-hybridized carbons (Fsp3) is 0.522. The second-order valence-corrected chi connectivity index (χ2v) is 7.41. The SMILES string of the molecule is CCC1C(CCC(=O)Cc2ccccc2)=CC=C1C1CCCCC1. The fourth-order valence-corrected chi connectivity index (χ4v) is 4.46. The highest BCUT2D eigenvalue weighted by Gasteiger charge is 2.28. The number of carbonyl (C=O) groups is 1. The van der Waals surface area contributed by atoms with Gasteiger partial charge in [0.1, 0.15) is 5.78 Å². The van der Waals surface area contributed by atoms with Crippen LogP contribution in [0.4, 0.5) is 0 Å². The Morgan fingerprint density at radius 3 is 2.50 bits per heavy atom. The topological polar surface area (TPSA) is 17.1 Å². The first-order valence-electron chi connectivity index (χ1n) is 9.74. The van der Waals surface area contributed by atoms with Crippen molar-refractivity contribution in [1.82, 2.24) is 0 Å². The molecule has 1 nitrogen and oxygen atoms in total. The summed E-state index contributed by atoms with van der Waals surface area (Å²) in [4.78, 5) is 12.3. The predicted octanol–water partition coefficient (Wildman–Crippen LogP) is 6.05. The number of hydrogen-bond acceptors (Lipinski definition) is 1. The van der Waals surface area contributed by atoms with Crippen molar-refractivity contribution in [3.05, 3.63) is 59.2 Å². The van der Waals surface area contributed by atoms with E-state index in [2.05, 4.69) is 19.1 Å². The van der Waals surface area contributed by atoms with E-state index in [1.165, 1.54) is 44.1 Å². The van der Waals surface area contributed by atoms with Crippen molar-refractivity contribution >= 4 is 5.78 Å². The number of carbonyl (C=O) groups excluding carboxylic acids is 1. The lowest BCUT2D eigenvalue weighted by atomic mass is 9.77. The zero-order chi connectivity index (χ0) is 16.8. The van der Waals surface area contributed by atoms with E-state index in [1.807, 2.05) is 30.3 Å². The summed E-state index contributed by atoms with van der Waals surface area (Å²) in [7, 11) is 0. The number of benzene rings is 1. The van der Waals surface area contributed by atoms with Crippen LogP contribution in [0.1, 0.15) is 63.9 Å². The van der Waals surface area contributed by atoms with Crippen LogP contribution in [0.2, 0.25) is 0 Å². The largest absolute Gasteiger partial charge is 0.299 e. The molecule has 0 N–H and O–H groups in total. The summed E-state index contributed by atoms with van der Waals surface area (Å²) in [5.41, 5.74) is 4.30. The van der Waals surface area contributed by atoms with E-state index >= 15 is 0 Å². The van der Waals surface area contributed by atoms with Gasteiger partial charge < -0.3 is 0 Å². The van der Waals surface area contributed by atoms with Crippen molar-refractivity contribution in [2.45, 2.75) is 64.7 Å². The van der Waals surface area contributed by atoms with Gasteiger partial charge in [0.25, 0.3) is 0 Å². The minimum absolute atomic E-state index is 0.364. The second-order valence-electron chi connectivity index (χ2n) is 7.41. The molecule has 3 rings (SSSR count). The summed E-state index contributed by atoms with van der Waals surface area (Å²) < 4.78 is 0. The van der Waals surface area contributed by atoms with Crippen molar-refractivity contribution in [2.24, 2.45) is 11.8 Å². The standard InChI is InChI=1S/C23H30O/c1-2-22-20(14-16-23(22)19-11-7-4-8-12-19)13-15-21(24)17-18-9-5-3-6-10-18/h3,5-6,9-10,14,16,19,22H,2,4,7-8,11-13,15,17H2,1H3. The molecule has 0 saturated heterocycles. The van der Waals surface area contributed by atoms with Crippen LogP contribution in [0, 0.1) is 11.8 Å². The summed E-state index contributed by atoms with van der Waals surface area (Å²) >= 11 is 0. The summed E-state index contributed by atoms with van der Waals surface area (Å²) in [6.45, 7) is 2.30. The lowest BCUT2D eigenvalue weighted by molar-refractivity contribution is -0.118. The highest BCUT2D eigenvalue weighted by atomic mass is 16.1. The van der Waals surface area contributed by atoms with E-state index in [9.17, 15) is 4.79 Å². The van der Waals surface area contributed by atoms with Gasteiger partial charge >= 0.3 is 0 Å². The first-order valence-corrected chi connectivity index (χ1v) is 9.74. The normalized spacial score (nSPS) is 21.5. The molecule has 1 aromatic carbocycles. The van der Waals surface area contributed by atoms with Crippen molar-refractivity contribution in [3.8, 4) is 0 Å². The van der Waals surface area contributed by atoms with E-state index in [1.54, 1.807) is 5.57 Å². The minimum atomic E-state index is 0.364. The van der Waals surface area contributed by atoms with Gasteiger partial charge in [-0.25, -0.2) is 0 Å². The van der Waals surface area contributed by atoms with Crippen molar-refractivity contribution < 1.29 is 4.79 Å². The summed E-state index contributed by atoms with van der Waals surface area (Å²) in [5, 5.41) is 0. The molecule has 2 aliphatic carbocycles. The molecule has 0 radical (unpaired) electrons. The average molecular weight is 322 g/mol. The molecule has 0 aromatic heterocycles. The Bertz CT molecular complexity index is 602. The third-order valence-electron chi connectivity index (χ3n) is 5.76. The zero-order valence-electron chi connectivity index (χ0n) is 15.0.